The van der Waals surface area contributed by atoms with E-state index in [0.717, 1.165) is 10.8 Å². The summed E-state index contributed by atoms with van der Waals surface area (Å²) in [6.45, 7) is 0. The zero-order chi connectivity index (χ0) is 20.4. The third-order valence-electron chi connectivity index (χ3n) is 4.85. The molecular weight excluding hydrogens is 387 g/mol. The fraction of sp³-hybridized carbons (Fsp3) is 0.174. The van der Waals surface area contributed by atoms with Crippen molar-refractivity contribution in [2.45, 2.75) is 18.0 Å². The number of Topliss-reactive ketones (excluding diaryl/α,β-unsaturated/α-hetero) is 1. The van der Waals surface area contributed by atoms with Crippen LogP contribution in [0.25, 0.3) is 21.7 Å². The smallest absolute Gasteiger partial charge is 0.261 e. The van der Waals surface area contributed by atoms with Crippen LogP contribution in [0.3, 0.4) is 0 Å². The van der Waals surface area contributed by atoms with Crippen molar-refractivity contribution in [2.24, 2.45) is 7.05 Å². The van der Waals surface area contributed by atoms with Gasteiger partial charge in [-0.05, 0) is 53.6 Å². The highest BCUT2D eigenvalue weighted by atomic mass is 32.2. The van der Waals surface area contributed by atoms with Crippen LogP contribution in [0.5, 0.6) is 0 Å². The number of carbonyl (C=O) groups is 1. The van der Waals surface area contributed by atoms with Gasteiger partial charge < -0.3 is 0 Å². The lowest BCUT2D eigenvalue weighted by molar-refractivity contribution is 0.0982. The van der Waals surface area contributed by atoms with Gasteiger partial charge in [-0.3, -0.25) is 14.2 Å². The van der Waals surface area contributed by atoms with Gasteiger partial charge in [0, 0.05) is 24.8 Å². The van der Waals surface area contributed by atoms with Gasteiger partial charge in [-0.1, -0.05) is 36.0 Å². The number of hydrogen-bond acceptors (Lipinski definition) is 4. The van der Waals surface area contributed by atoms with Gasteiger partial charge in [0.05, 0.1) is 10.9 Å². The number of thioether (sulfide) groups is 1. The molecule has 4 aromatic rings. The van der Waals surface area contributed by atoms with Gasteiger partial charge >= 0.3 is 0 Å². The maximum atomic E-state index is 13.0. The number of halogens is 1. The molecule has 29 heavy (non-hydrogen) atoms. The van der Waals surface area contributed by atoms with Crippen LogP contribution in [-0.4, -0.2) is 21.1 Å². The third kappa shape index (κ3) is 4.07. The van der Waals surface area contributed by atoms with Crippen LogP contribution in [-0.2, 0) is 7.05 Å². The van der Waals surface area contributed by atoms with Crippen molar-refractivity contribution in [3.63, 3.8) is 0 Å². The summed E-state index contributed by atoms with van der Waals surface area (Å²) in [5, 5.41) is 3.29. The Hall–Kier alpha value is -2.99. The number of ketones is 1. The Balaban J connectivity index is 1.48. The van der Waals surface area contributed by atoms with E-state index in [1.807, 2.05) is 36.4 Å². The molecule has 0 saturated heterocycles. The minimum atomic E-state index is -0.354. The molecule has 0 spiro atoms. The summed E-state index contributed by atoms with van der Waals surface area (Å²) < 4.78 is 14.5. The third-order valence-corrected chi connectivity index (χ3v) is 5.96. The van der Waals surface area contributed by atoms with Gasteiger partial charge in [-0.25, -0.2) is 9.37 Å². The number of benzene rings is 3. The highest BCUT2D eigenvalue weighted by Gasteiger charge is 2.11. The lowest BCUT2D eigenvalue weighted by Crippen LogP contribution is -2.20. The van der Waals surface area contributed by atoms with Gasteiger partial charge in [0.2, 0.25) is 0 Å². The summed E-state index contributed by atoms with van der Waals surface area (Å²) in [7, 11) is 1.72. The number of aromatic nitrogens is 2. The molecule has 4 nitrogen and oxygen atoms in total. The van der Waals surface area contributed by atoms with Crippen molar-refractivity contribution in [1.29, 1.82) is 0 Å². The Kier molecular flexibility index (Phi) is 5.45. The van der Waals surface area contributed by atoms with Crippen molar-refractivity contribution in [3.8, 4) is 0 Å². The van der Waals surface area contributed by atoms with E-state index in [1.165, 1.54) is 36.0 Å². The molecule has 0 aliphatic rings. The Bertz CT molecular complexity index is 1270. The molecule has 0 unspecified atom stereocenters. The van der Waals surface area contributed by atoms with E-state index in [9.17, 15) is 14.0 Å². The van der Waals surface area contributed by atoms with E-state index in [1.54, 1.807) is 11.6 Å². The Morgan fingerprint density at radius 3 is 2.48 bits per heavy atom. The monoisotopic (exact) mass is 406 g/mol. The van der Waals surface area contributed by atoms with Gasteiger partial charge in [-0.15, -0.1) is 0 Å². The molecule has 1 aromatic heterocycles. The zero-order valence-corrected chi connectivity index (χ0v) is 16.7. The molecule has 3 aromatic carbocycles. The summed E-state index contributed by atoms with van der Waals surface area (Å²) in [4.78, 5) is 29.6. The average molecular weight is 406 g/mol. The molecule has 146 valence electrons. The minimum Gasteiger partial charge on any atom is -0.294 e. The van der Waals surface area contributed by atoms with E-state index in [-0.39, 0.29) is 17.2 Å². The molecule has 0 radical (unpaired) electrons. The first kappa shape index (κ1) is 19.3. The van der Waals surface area contributed by atoms with Crippen LogP contribution in [0.4, 0.5) is 4.39 Å². The summed E-state index contributed by atoms with van der Waals surface area (Å²) in [6.07, 6.45) is 1.01. The molecule has 0 aliphatic carbocycles. The lowest BCUT2D eigenvalue weighted by Gasteiger charge is -2.09. The maximum Gasteiger partial charge on any atom is 0.261 e. The Morgan fingerprint density at radius 2 is 1.76 bits per heavy atom. The summed E-state index contributed by atoms with van der Waals surface area (Å²) in [5.41, 5.74) is 1.11. The first-order chi connectivity index (χ1) is 14.0. The van der Waals surface area contributed by atoms with E-state index in [4.69, 9.17) is 0 Å². The van der Waals surface area contributed by atoms with E-state index < -0.39 is 0 Å². The molecule has 4 rings (SSSR count). The van der Waals surface area contributed by atoms with Crippen molar-refractivity contribution in [3.05, 3.63) is 82.4 Å². The molecule has 0 bridgehead atoms. The number of rotatable bonds is 6. The van der Waals surface area contributed by atoms with Crippen LogP contribution < -0.4 is 5.56 Å². The second-order valence-electron chi connectivity index (χ2n) is 6.86. The normalized spacial score (nSPS) is 11.2. The average Bonchev–Trinajstić information content (AvgIpc) is 2.73. The van der Waals surface area contributed by atoms with Crippen molar-refractivity contribution in [1.82, 2.24) is 9.55 Å². The highest BCUT2D eigenvalue weighted by Crippen LogP contribution is 2.23. The number of nitrogens with zero attached hydrogens (tertiary/aromatic N) is 2. The molecule has 0 N–H and O–H groups in total. The molecule has 0 saturated carbocycles. The fourth-order valence-corrected chi connectivity index (χ4v) is 4.15. The fourth-order valence-electron chi connectivity index (χ4n) is 3.24. The SMILES string of the molecule is Cn1c(SCCCC(=O)c2ccc(F)cc2)nc2cc3ccccc3cc2c1=O. The molecule has 0 atom stereocenters. The van der Waals surface area contributed by atoms with Crippen LogP contribution in [0.1, 0.15) is 23.2 Å². The van der Waals surface area contributed by atoms with Gasteiger partial charge in [-0.2, -0.15) is 0 Å². The van der Waals surface area contributed by atoms with Crippen LogP contribution >= 0.6 is 11.8 Å². The van der Waals surface area contributed by atoms with Crippen molar-refractivity contribution >= 4 is 39.2 Å². The molecule has 0 fully saturated rings. The predicted molar refractivity (Wildman–Crippen MR) is 115 cm³/mol. The van der Waals surface area contributed by atoms with Crippen LogP contribution in [0.2, 0.25) is 0 Å². The highest BCUT2D eigenvalue weighted by molar-refractivity contribution is 7.99. The van der Waals surface area contributed by atoms with Crippen molar-refractivity contribution < 1.29 is 9.18 Å². The maximum absolute atomic E-state index is 13.0. The summed E-state index contributed by atoms with van der Waals surface area (Å²) in [6, 6.07) is 17.3. The predicted octanol–water partition coefficient (Wildman–Crippen LogP) is 4.98. The van der Waals surface area contributed by atoms with Gasteiger partial charge in [0.1, 0.15) is 5.82 Å². The van der Waals surface area contributed by atoms with E-state index in [0.29, 0.717) is 40.2 Å². The topological polar surface area (TPSA) is 52.0 Å². The van der Waals surface area contributed by atoms with Crippen LogP contribution in [0.15, 0.2) is 70.6 Å². The second kappa shape index (κ2) is 8.17. The Morgan fingerprint density at radius 1 is 1.07 bits per heavy atom. The Labute approximate surface area is 171 Å². The van der Waals surface area contributed by atoms with Crippen molar-refractivity contribution in [2.75, 3.05) is 5.75 Å². The zero-order valence-electron chi connectivity index (χ0n) is 15.9. The second-order valence-corrected chi connectivity index (χ2v) is 7.92. The molecular formula is C23H19FN2O2S. The largest absolute Gasteiger partial charge is 0.294 e. The minimum absolute atomic E-state index is 0.0163. The van der Waals surface area contributed by atoms with E-state index >= 15 is 0 Å². The number of carbonyl (C=O) groups excluding carboxylic acids is 1. The summed E-state index contributed by atoms with van der Waals surface area (Å²) >= 11 is 1.46. The number of hydrogen-bond donors (Lipinski definition) is 0. The molecule has 0 aliphatic heterocycles. The van der Waals surface area contributed by atoms with Crippen LogP contribution in [0, 0.1) is 5.82 Å². The standard InChI is InChI=1S/C23H19FN2O2S/c1-26-22(28)19-13-16-5-2-3-6-17(16)14-20(19)25-23(26)29-12-4-7-21(27)15-8-10-18(24)11-9-15/h2-3,5-6,8-11,13-14H,4,7,12H2,1H3. The van der Waals surface area contributed by atoms with Gasteiger partial charge in [0.15, 0.2) is 10.9 Å². The molecule has 0 amide bonds. The molecule has 6 heteroatoms. The first-order valence-electron chi connectivity index (χ1n) is 9.34. The molecule has 1 heterocycles. The quantitative estimate of drug-likeness (QED) is 0.149. The first-order valence-corrected chi connectivity index (χ1v) is 10.3. The lowest BCUT2D eigenvalue weighted by atomic mass is 10.1. The summed E-state index contributed by atoms with van der Waals surface area (Å²) in [5.74, 6) is 0.289. The van der Waals surface area contributed by atoms with E-state index in [2.05, 4.69) is 4.98 Å². The number of fused-ring (bicyclic) bond motifs is 2. The van der Waals surface area contributed by atoms with Gasteiger partial charge in [0.25, 0.3) is 5.56 Å².